The lowest BCUT2D eigenvalue weighted by atomic mass is 10.0. The lowest BCUT2D eigenvalue weighted by molar-refractivity contribution is 0.504. The molecule has 0 radical (unpaired) electrons. The fourth-order valence-corrected chi connectivity index (χ4v) is 3.84. The van der Waals surface area contributed by atoms with Crippen LogP contribution in [0.3, 0.4) is 0 Å². The van der Waals surface area contributed by atoms with Gasteiger partial charge in [-0.2, -0.15) is 0 Å². The normalized spacial score (nSPS) is 20.7. The molecule has 1 unspecified atom stereocenters. The van der Waals surface area contributed by atoms with Gasteiger partial charge >= 0.3 is 0 Å². The summed E-state index contributed by atoms with van der Waals surface area (Å²) in [6.07, 6.45) is 7.14. The van der Waals surface area contributed by atoms with Crippen LogP contribution < -0.4 is 0 Å². The molecule has 0 spiro atoms. The van der Waals surface area contributed by atoms with Crippen molar-refractivity contribution in [2.45, 2.75) is 36.9 Å². The minimum absolute atomic E-state index is 0.607. The average Bonchev–Trinajstić information content (AvgIpc) is 2.74. The van der Waals surface area contributed by atoms with Crippen LogP contribution in [0.15, 0.2) is 17.5 Å². The lowest BCUT2D eigenvalue weighted by Gasteiger charge is -2.12. The van der Waals surface area contributed by atoms with Crippen LogP contribution in [-0.4, -0.2) is 0 Å². The van der Waals surface area contributed by atoms with Crippen molar-refractivity contribution in [3.05, 3.63) is 22.4 Å². The molecule has 0 aliphatic heterocycles. The molecule has 0 bridgehead atoms. The Hall–Kier alpha value is 0.180. The van der Waals surface area contributed by atoms with Gasteiger partial charge in [0.25, 0.3) is 0 Å². The van der Waals surface area contributed by atoms with Crippen LogP contribution in [0.5, 0.6) is 0 Å². The summed E-state index contributed by atoms with van der Waals surface area (Å²) >= 11 is 5.65. The molecule has 0 saturated heterocycles. The Bertz CT molecular complexity index is 237. The van der Waals surface area contributed by atoms with Crippen LogP contribution >= 0.6 is 27.3 Å². The first kappa shape index (κ1) is 9.72. The Morgan fingerprint density at radius 3 is 2.85 bits per heavy atom. The molecule has 13 heavy (non-hydrogen) atoms. The molecule has 2 heteroatoms. The highest BCUT2D eigenvalue weighted by Gasteiger charge is 2.19. The molecule has 1 aromatic rings. The maximum Gasteiger partial charge on any atom is 0.0491 e. The van der Waals surface area contributed by atoms with Crippen LogP contribution in [0.4, 0.5) is 0 Å². The minimum atomic E-state index is 0.607. The topological polar surface area (TPSA) is 0 Å². The van der Waals surface area contributed by atoms with Crippen molar-refractivity contribution in [2.24, 2.45) is 5.92 Å². The second kappa shape index (κ2) is 4.61. The van der Waals surface area contributed by atoms with Gasteiger partial charge in [-0.05, 0) is 23.8 Å². The SMILES string of the molecule is BrC(CC1CCCC1)c1cccs1. The van der Waals surface area contributed by atoms with Crippen LogP contribution in [0.1, 0.15) is 41.8 Å². The second-order valence-electron chi connectivity index (χ2n) is 3.87. The van der Waals surface area contributed by atoms with Crippen molar-refractivity contribution in [3.8, 4) is 0 Å². The van der Waals surface area contributed by atoms with Crippen LogP contribution in [0.2, 0.25) is 0 Å². The third-order valence-corrected chi connectivity index (χ3v) is 5.02. The van der Waals surface area contributed by atoms with Gasteiger partial charge in [-0.25, -0.2) is 0 Å². The summed E-state index contributed by atoms with van der Waals surface area (Å²) in [5.41, 5.74) is 0. The maximum absolute atomic E-state index is 3.79. The van der Waals surface area contributed by atoms with Crippen molar-refractivity contribution >= 4 is 27.3 Å². The van der Waals surface area contributed by atoms with E-state index in [1.54, 1.807) is 0 Å². The van der Waals surface area contributed by atoms with Gasteiger partial charge in [0.05, 0.1) is 0 Å². The van der Waals surface area contributed by atoms with Gasteiger partial charge in [-0.3, -0.25) is 0 Å². The van der Waals surface area contributed by atoms with Gasteiger partial charge in [0.2, 0.25) is 0 Å². The predicted molar refractivity (Wildman–Crippen MR) is 62.6 cm³/mol. The molecule has 0 amide bonds. The largest absolute Gasteiger partial charge is 0.148 e. The molecule has 1 saturated carbocycles. The molecule has 1 atom stereocenters. The van der Waals surface area contributed by atoms with Gasteiger partial charge in [0, 0.05) is 9.70 Å². The predicted octanol–water partition coefficient (Wildman–Crippen LogP) is 4.76. The summed E-state index contributed by atoms with van der Waals surface area (Å²) < 4.78 is 0. The van der Waals surface area contributed by atoms with E-state index in [1.165, 1.54) is 37.0 Å². The molecule has 0 N–H and O–H groups in total. The van der Waals surface area contributed by atoms with Crippen molar-refractivity contribution in [1.29, 1.82) is 0 Å². The molecule has 1 aromatic heterocycles. The van der Waals surface area contributed by atoms with Crippen molar-refractivity contribution in [3.63, 3.8) is 0 Å². The van der Waals surface area contributed by atoms with E-state index in [1.807, 2.05) is 11.3 Å². The van der Waals surface area contributed by atoms with Crippen LogP contribution in [0, 0.1) is 5.92 Å². The highest BCUT2D eigenvalue weighted by atomic mass is 79.9. The van der Waals surface area contributed by atoms with Crippen molar-refractivity contribution in [2.75, 3.05) is 0 Å². The third kappa shape index (κ3) is 2.57. The summed E-state index contributed by atoms with van der Waals surface area (Å²) in [5, 5.41) is 2.16. The number of hydrogen-bond acceptors (Lipinski definition) is 1. The first-order chi connectivity index (χ1) is 6.36. The Labute approximate surface area is 92.5 Å². The van der Waals surface area contributed by atoms with E-state index in [0.717, 1.165) is 5.92 Å². The average molecular weight is 259 g/mol. The summed E-state index contributed by atoms with van der Waals surface area (Å²) in [6, 6.07) is 4.38. The molecule has 1 heterocycles. The van der Waals surface area contributed by atoms with Crippen LogP contribution in [0.25, 0.3) is 0 Å². The number of thiophene rings is 1. The Morgan fingerprint density at radius 2 is 2.23 bits per heavy atom. The zero-order valence-corrected chi connectivity index (χ0v) is 10.1. The molecular formula is C11H15BrS. The lowest BCUT2D eigenvalue weighted by Crippen LogP contribution is -1.97. The van der Waals surface area contributed by atoms with E-state index in [9.17, 15) is 0 Å². The Balaban J connectivity index is 1.87. The molecular weight excluding hydrogens is 244 g/mol. The van der Waals surface area contributed by atoms with E-state index in [0.29, 0.717) is 4.83 Å². The number of rotatable bonds is 3. The molecule has 0 aromatic carbocycles. The van der Waals surface area contributed by atoms with E-state index in [4.69, 9.17) is 0 Å². The van der Waals surface area contributed by atoms with Gasteiger partial charge < -0.3 is 0 Å². The highest BCUT2D eigenvalue weighted by Crippen LogP contribution is 2.38. The van der Waals surface area contributed by atoms with Gasteiger partial charge in [0.15, 0.2) is 0 Å². The summed E-state index contributed by atoms with van der Waals surface area (Å²) in [4.78, 5) is 2.10. The molecule has 1 aliphatic carbocycles. The van der Waals surface area contributed by atoms with Crippen LogP contribution in [-0.2, 0) is 0 Å². The molecule has 72 valence electrons. The smallest absolute Gasteiger partial charge is 0.0491 e. The fraction of sp³-hybridized carbons (Fsp3) is 0.636. The highest BCUT2D eigenvalue weighted by molar-refractivity contribution is 9.09. The van der Waals surface area contributed by atoms with Gasteiger partial charge in [-0.15, -0.1) is 11.3 Å². The standard InChI is InChI=1S/C11H15BrS/c12-10(11-6-3-7-13-11)8-9-4-1-2-5-9/h3,6-7,9-10H,1-2,4-5,8H2. The van der Waals surface area contributed by atoms with E-state index in [-0.39, 0.29) is 0 Å². The van der Waals surface area contributed by atoms with Crippen molar-refractivity contribution < 1.29 is 0 Å². The van der Waals surface area contributed by atoms with Gasteiger partial charge in [-0.1, -0.05) is 47.7 Å². The molecule has 1 fully saturated rings. The molecule has 1 aliphatic rings. The number of hydrogen-bond donors (Lipinski definition) is 0. The van der Waals surface area contributed by atoms with Crippen molar-refractivity contribution in [1.82, 2.24) is 0 Å². The minimum Gasteiger partial charge on any atom is -0.148 e. The molecule has 0 nitrogen and oxygen atoms in total. The Morgan fingerprint density at radius 1 is 1.46 bits per heavy atom. The van der Waals surface area contributed by atoms with E-state index >= 15 is 0 Å². The first-order valence-electron chi connectivity index (χ1n) is 5.04. The first-order valence-corrected chi connectivity index (χ1v) is 6.83. The van der Waals surface area contributed by atoms with E-state index in [2.05, 4.69) is 33.4 Å². The number of halogens is 1. The summed E-state index contributed by atoms with van der Waals surface area (Å²) in [6.45, 7) is 0. The third-order valence-electron chi connectivity index (χ3n) is 2.87. The fourth-order valence-electron chi connectivity index (χ4n) is 2.12. The maximum atomic E-state index is 3.79. The number of alkyl halides is 1. The quantitative estimate of drug-likeness (QED) is 0.686. The summed E-state index contributed by atoms with van der Waals surface area (Å²) in [5.74, 6) is 0.978. The summed E-state index contributed by atoms with van der Waals surface area (Å²) in [7, 11) is 0. The molecule has 2 rings (SSSR count). The zero-order valence-electron chi connectivity index (χ0n) is 7.71. The van der Waals surface area contributed by atoms with Gasteiger partial charge in [0.1, 0.15) is 0 Å². The monoisotopic (exact) mass is 258 g/mol. The zero-order chi connectivity index (χ0) is 9.10. The Kier molecular flexibility index (Phi) is 3.45. The second-order valence-corrected chi connectivity index (χ2v) is 5.95. The van der Waals surface area contributed by atoms with E-state index < -0.39 is 0 Å².